The highest BCUT2D eigenvalue weighted by Gasteiger charge is 2.32. The van der Waals surface area contributed by atoms with Gasteiger partial charge in [0.15, 0.2) is 0 Å². The van der Waals surface area contributed by atoms with Gasteiger partial charge < -0.3 is 25.4 Å². The minimum Gasteiger partial charge on any atom is -0.458 e. The van der Waals surface area contributed by atoms with Gasteiger partial charge in [-0.1, -0.05) is 44.2 Å². The molecule has 9 heteroatoms. The Balaban J connectivity index is 2.84. The average molecular weight is 436 g/mol. The predicted octanol–water partition coefficient (Wildman–Crippen LogP) is 1.90. The van der Waals surface area contributed by atoms with E-state index in [2.05, 4.69) is 16.0 Å². The van der Waals surface area contributed by atoms with E-state index in [0.717, 1.165) is 5.56 Å². The monoisotopic (exact) mass is 435 g/mol. The molecule has 3 N–H and O–H groups in total. The Morgan fingerprint density at radius 3 is 2.13 bits per heavy atom. The second-order valence-electron chi connectivity index (χ2n) is 8.40. The van der Waals surface area contributed by atoms with Gasteiger partial charge in [0, 0.05) is 7.05 Å². The van der Waals surface area contributed by atoms with Gasteiger partial charge in [-0.05, 0) is 32.3 Å². The maximum absolute atomic E-state index is 12.8. The van der Waals surface area contributed by atoms with Crippen molar-refractivity contribution in [3.63, 3.8) is 0 Å². The molecule has 1 aromatic rings. The van der Waals surface area contributed by atoms with E-state index in [9.17, 15) is 19.2 Å². The SMILES string of the molecule is CNC(=O)C[C@H](NC(=O)OCc1ccccc1)C(=O)N[C@H](C(=O)OC(C)(C)C)C(C)C. The number of rotatable bonds is 9. The molecule has 0 aliphatic carbocycles. The molecule has 0 aromatic heterocycles. The molecule has 0 saturated heterocycles. The van der Waals surface area contributed by atoms with Crippen LogP contribution in [-0.2, 0) is 30.5 Å². The Kier molecular flexibility index (Phi) is 9.98. The number of alkyl carbamates (subject to hydrolysis) is 1. The summed E-state index contributed by atoms with van der Waals surface area (Å²) < 4.78 is 10.5. The number of benzene rings is 1. The van der Waals surface area contributed by atoms with Crippen LogP contribution in [0.5, 0.6) is 0 Å². The number of nitrogens with one attached hydrogen (secondary N) is 3. The number of ether oxygens (including phenoxy) is 2. The van der Waals surface area contributed by atoms with Gasteiger partial charge in [-0.15, -0.1) is 0 Å². The summed E-state index contributed by atoms with van der Waals surface area (Å²) in [6.45, 7) is 8.69. The second-order valence-corrected chi connectivity index (χ2v) is 8.40. The number of carbonyl (C=O) groups excluding carboxylic acids is 4. The maximum atomic E-state index is 12.8. The van der Waals surface area contributed by atoms with Crippen LogP contribution in [0.3, 0.4) is 0 Å². The van der Waals surface area contributed by atoms with Crippen molar-refractivity contribution < 1.29 is 28.7 Å². The number of carbonyl (C=O) groups is 4. The van der Waals surface area contributed by atoms with Gasteiger partial charge in [-0.3, -0.25) is 9.59 Å². The normalized spacial score (nSPS) is 13.0. The van der Waals surface area contributed by atoms with Crippen molar-refractivity contribution in [1.29, 1.82) is 0 Å². The molecule has 0 saturated carbocycles. The van der Waals surface area contributed by atoms with Crippen LogP contribution in [-0.4, -0.2) is 48.6 Å². The molecule has 31 heavy (non-hydrogen) atoms. The Labute approximate surface area is 183 Å². The van der Waals surface area contributed by atoms with Crippen molar-refractivity contribution in [3.8, 4) is 0 Å². The van der Waals surface area contributed by atoms with E-state index < -0.39 is 41.6 Å². The van der Waals surface area contributed by atoms with Crippen molar-refractivity contribution in [3.05, 3.63) is 35.9 Å². The van der Waals surface area contributed by atoms with E-state index in [0.29, 0.717) is 0 Å². The molecule has 0 fully saturated rings. The Hall–Kier alpha value is -3.10. The van der Waals surface area contributed by atoms with Crippen molar-refractivity contribution in [2.75, 3.05) is 7.05 Å². The lowest BCUT2D eigenvalue weighted by Gasteiger charge is -2.28. The third-order valence-electron chi connectivity index (χ3n) is 4.11. The fourth-order valence-electron chi connectivity index (χ4n) is 2.52. The summed E-state index contributed by atoms with van der Waals surface area (Å²) in [5.41, 5.74) is 0.0467. The van der Waals surface area contributed by atoms with Gasteiger partial charge in [-0.2, -0.15) is 0 Å². The lowest BCUT2D eigenvalue weighted by Crippen LogP contribution is -2.55. The third-order valence-corrected chi connectivity index (χ3v) is 4.11. The molecule has 2 atom stereocenters. The first-order valence-electron chi connectivity index (χ1n) is 10.1. The first-order chi connectivity index (χ1) is 14.4. The zero-order valence-corrected chi connectivity index (χ0v) is 19.0. The zero-order valence-electron chi connectivity index (χ0n) is 19.0. The molecule has 0 bridgehead atoms. The summed E-state index contributed by atoms with van der Waals surface area (Å²) in [6, 6.07) is 6.85. The highest BCUT2D eigenvalue weighted by Crippen LogP contribution is 2.13. The van der Waals surface area contributed by atoms with Crippen LogP contribution in [0.25, 0.3) is 0 Å². The zero-order chi connectivity index (χ0) is 23.6. The summed E-state index contributed by atoms with van der Waals surface area (Å²) in [5.74, 6) is -2.02. The van der Waals surface area contributed by atoms with Crippen LogP contribution in [0.2, 0.25) is 0 Å². The lowest BCUT2D eigenvalue weighted by molar-refractivity contribution is -0.160. The summed E-state index contributed by atoms with van der Waals surface area (Å²) in [5, 5.41) is 7.39. The number of hydrogen-bond acceptors (Lipinski definition) is 6. The van der Waals surface area contributed by atoms with E-state index in [-0.39, 0.29) is 18.9 Å². The summed E-state index contributed by atoms with van der Waals surface area (Å²) in [4.78, 5) is 49.4. The van der Waals surface area contributed by atoms with E-state index in [4.69, 9.17) is 9.47 Å². The Morgan fingerprint density at radius 2 is 1.61 bits per heavy atom. The summed E-state index contributed by atoms with van der Waals surface area (Å²) >= 11 is 0. The molecule has 0 unspecified atom stereocenters. The molecule has 0 radical (unpaired) electrons. The number of amides is 3. The minimum absolute atomic E-state index is 0.00745. The standard InChI is InChI=1S/C22H33N3O6/c1-14(2)18(20(28)31-22(3,4)5)25-19(27)16(12-17(26)23-6)24-21(29)30-13-15-10-8-7-9-11-15/h7-11,14,16,18H,12-13H2,1-6H3,(H,23,26)(H,24,29)(H,25,27)/t16-,18-/m0/s1. The van der Waals surface area contributed by atoms with Gasteiger partial charge >= 0.3 is 12.1 Å². The quantitative estimate of drug-likeness (QED) is 0.509. The van der Waals surface area contributed by atoms with E-state index in [1.165, 1.54) is 7.05 Å². The molecule has 1 rings (SSSR count). The molecule has 0 aliphatic heterocycles. The predicted molar refractivity (Wildman–Crippen MR) is 115 cm³/mol. The molecule has 9 nitrogen and oxygen atoms in total. The average Bonchev–Trinajstić information content (AvgIpc) is 2.68. The molecule has 1 aromatic carbocycles. The first-order valence-corrected chi connectivity index (χ1v) is 10.1. The van der Waals surface area contributed by atoms with Gasteiger partial charge in [0.25, 0.3) is 0 Å². The van der Waals surface area contributed by atoms with E-state index in [1.54, 1.807) is 58.9 Å². The molecule has 172 valence electrons. The molecular weight excluding hydrogens is 402 g/mol. The van der Waals surface area contributed by atoms with Gasteiger partial charge in [-0.25, -0.2) is 9.59 Å². The van der Waals surface area contributed by atoms with Crippen LogP contribution >= 0.6 is 0 Å². The fraction of sp³-hybridized carbons (Fsp3) is 0.545. The summed E-state index contributed by atoms with van der Waals surface area (Å²) in [6.07, 6.45) is -1.17. The van der Waals surface area contributed by atoms with Crippen molar-refractivity contribution >= 4 is 23.9 Å². The minimum atomic E-state index is -1.23. The van der Waals surface area contributed by atoms with Crippen LogP contribution in [0, 0.1) is 5.92 Å². The topological polar surface area (TPSA) is 123 Å². The van der Waals surface area contributed by atoms with E-state index >= 15 is 0 Å². The van der Waals surface area contributed by atoms with Crippen LogP contribution < -0.4 is 16.0 Å². The number of hydrogen-bond donors (Lipinski definition) is 3. The van der Waals surface area contributed by atoms with Gasteiger partial charge in [0.1, 0.15) is 24.3 Å². The van der Waals surface area contributed by atoms with Gasteiger partial charge in [0.2, 0.25) is 11.8 Å². The van der Waals surface area contributed by atoms with Crippen LogP contribution in [0.15, 0.2) is 30.3 Å². The largest absolute Gasteiger partial charge is 0.458 e. The van der Waals surface area contributed by atoms with Crippen LogP contribution in [0.4, 0.5) is 4.79 Å². The van der Waals surface area contributed by atoms with Gasteiger partial charge in [0.05, 0.1) is 6.42 Å². The molecular formula is C22H33N3O6. The fourth-order valence-corrected chi connectivity index (χ4v) is 2.52. The first kappa shape index (κ1) is 25.9. The highest BCUT2D eigenvalue weighted by molar-refractivity contribution is 5.93. The highest BCUT2D eigenvalue weighted by atomic mass is 16.6. The molecule has 0 spiro atoms. The second kappa shape index (κ2) is 11.9. The molecule has 3 amide bonds. The summed E-state index contributed by atoms with van der Waals surface area (Å²) in [7, 11) is 1.42. The smallest absolute Gasteiger partial charge is 0.408 e. The number of esters is 1. The van der Waals surface area contributed by atoms with Crippen molar-refractivity contribution in [2.45, 2.75) is 65.3 Å². The maximum Gasteiger partial charge on any atom is 0.408 e. The Morgan fingerprint density at radius 1 is 1.00 bits per heavy atom. The third kappa shape index (κ3) is 9.97. The Bertz CT molecular complexity index is 758. The van der Waals surface area contributed by atoms with E-state index in [1.807, 2.05) is 6.07 Å². The van der Waals surface area contributed by atoms with Crippen LogP contribution in [0.1, 0.15) is 46.6 Å². The lowest BCUT2D eigenvalue weighted by atomic mass is 10.0. The van der Waals surface area contributed by atoms with Crippen molar-refractivity contribution in [2.24, 2.45) is 5.92 Å². The molecule has 0 heterocycles. The molecule has 0 aliphatic rings. The van der Waals surface area contributed by atoms with Crippen molar-refractivity contribution in [1.82, 2.24) is 16.0 Å².